The number of aryl methyl sites for hydroxylation is 1. The highest BCUT2D eigenvalue weighted by molar-refractivity contribution is 7.12. The van der Waals surface area contributed by atoms with Crippen molar-refractivity contribution < 1.29 is 23.8 Å². The number of methoxy groups -OCH3 is 1. The number of hydrogen-bond acceptors (Lipinski definition) is 6. The molecule has 2 aliphatic heterocycles. The second-order valence-electron chi connectivity index (χ2n) is 10.1. The fraction of sp³-hybridized carbons (Fsp3) is 0.414. The Kier molecular flexibility index (Phi) is 7.40. The van der Waals surface area contributed by atoms with Crippen LogP contribution >= 0.6 is 11.3 Å². The van der Waals surface area contributed by atoms with Crippen LogP contribution in [-0.4, -0.2) is 49.8 Å². The summed E-state index contributed by atoms with van der Waals surface area (Å²) in [6, 6.07) is 15.4. The monoisotopic (exact) mass is 524 g/mol. The van der Waals surface area contributed by atoms with Crippen LogP contribution in [0.2, 0.25) is 0 Å². The van der Waals surface area contributed by atoms with Crippen LogP contribution in [0.3, 0.4) is 0 Å². The van der Waals surface area contributed by atoms with Gasteiger partial charge in [0.25, 0.3) is 0 Å². The van der Waals surface area contributed by atoms with E-state index in [0.29, 0.717) is 17.9 Å². The Balaban J connectivity index is 1.18. The maximum absolute atomic E-state index is 14.3. The molecule has 1 N–H and O–H groups in total. The van der Waals surface area contributed by atoms with E-state index in [9.17, 15) is 9.18 Å². The standard InChI is InChI=1S/C29H33FN2O4S/c1-31-19-29(23-5-3-4-6-25(23)31)11-13-32(14-12-29)17-27-26(35-2)16-22(37-27)18-36-21-9-7-20(24(30)15-21)8-10-28(33)34/h3-7,9,15-16H,8,10-14,17-19H2,1-2H3,(H,33,34). The number of halogens is 1. The van der Waals surface area contributed by atoms with E-state index in [2.05, 4.69) is 41.1 Å². The molecule has 0 atom stereocenters. The van der Waals surface area contributed by atoms with E-state index < -0.39 is 11.8 Å². The highest BCUT2D eigenvalue weighted by atomic mass is 32.1. The molecule has 0 unspecified atom stereocenters. The van der Waals surface area contributed by atoms with E-state index in [4.69, 9.17) is 14.6 Å². The molecule has 3 aromatic rings. The van der Waals surface area contributed by atoms with E-state index in [1.807, 2.05) is 6.07 Å². The Morgan fingerprint density at radius 1 is 1.16 bits per heavy atom. The number of thiophene rings is 1. The van der Waals surface area contributed by atoms with Crippen LogP contribution in [0.4, 0.5) is 10.1 Å². The minimum absolute atomic E-state index is 0.1000. The molecule has 0 amide bonds. The molecule has 1 aromatic heterocycles. The number of aliphatic carboxylic acids is 1. The molecule has 2 aromatic carbocycles. The lowest BCUT2D eigenvalue weighted by Gasteiger charge is -2.39. The number of nitrogens with zero attached hydrogens (tertiary/aromatic N) is 2. The molecule has 1 spiro atoms. The molecule has 37 heavy (non-hydrogen) atoms. The van der Waals surface area contributed by atoms with Crippen molar-refractivity contribution in [1.29, 1.82) is 0 Å². The molecule has 1 saturated heterocycles. The Bertz CT molecular complexity index is 1270. The average molecular weight is 525 g/mol. The molecule has 0 bridgehead atoms. The van der Waals surface area contributed by atoms with Crippen LogP contribution in [0.5, 0.6) is 11.5 Å². The molecule has 6 nitrogen and oxygen atoms in total. The van der Waals surface area contributed by atoms with E-state index in [1.165, 1.54) is 22.2 Å². The predicted octanol–water partition coefficient (Wildman–Crippen LogP) is 5.48. The van der Waals surface area contributed by atoms with Gasteiger partial charge >= 0.3 is 5.97 Å². The third kappa shape index (κ3) is 5.45. The van der Waals surface area contributed by atoms with Gasteiger partial charge in [0, 0.05) is 48.6 Å². The largest absolute Gasteiger partial charge is 0.496 e. The number of hydrogen-bond donors (Lipinski definition) is 1. The van der Waals surface area contributed by atoms with E-state index in [1.54, 1.807) is 30.6 Å². The molecular weight excluding hydrogens is 491 g/mol. The fourth-order valence-electron chi connectivity index (χ4n) is 5.68. The minimum atomic E-state index is -0.942. The second kappa shape index (κ2) is 10.7. The van der Waals surface area contributed by atoms with Gasteiger partial charge < -0.3 is 19.5 Å². The van der Waals surface area contributed by atoms with Crippen molar-refractivity contribution in [2.75, 3.05) is 38.7 Å². The van der Waals surface area contributed by atoms with Crippen molar-refractivity contribution in [2.24, 2.45) is 0 Å². The Labute approximate surface area is 221 Å². The summed E-state index contributed by atoms with van der Waals surface area (Å²) in [5.74, 6) is -0.0940. The highest BCUT2D eigenvalue weighted by Gasteiger charge is 2.43. The molecule has 1 fully saturated rings. The number of likely N-dealkylation sites (tertiary alicyclic amines) is 1. The zero-order valence-corrected chi connectivity index (χ0v) is 22.2. The fourth-order valence-corrected chi connectivity index (χ4v) is 6.77. The van der Waals surface area contributed by atoms with E-state index >= 15 is 0 Å². The maximum Gasteiger partial charge on any atom is 0.303 e. The quantitative estimate of drug-likeness (QED) is 0.400. The first-order chi connectivity index (χ1) is 17.9. The molecule has 2 aliphatic rings. The van der Waals surface area contributed by atoms with Crippen molar-refractivity contribution in [2.45, 2.75) is 44.2 Å². The van der Waals surface area contributed by atoms with Crippen LogP contribution < -0.4 is 14.4 Å². The van der Waals surface area contributed by atoms with Crippen LogP contribution in [0.25, 0.3) is 0 Å². The second-order valence-corrected chi connectivity index (χ2v) is 11.3. The Morgan fingerprint density at radius 3 is 2.68 bits per heavy atom. The molecule has 0 radical (unpaired) electrons. The number of para-hydroxylation sites is 1. The predicted molar refractivity (Wildman–Crippen MR) is 143 cm³/mol. The number of anilines is 1. The molecule has 0 aliphatic carbocycles. The third-order valence-electron chi connectivity index (χ3n) is 7.66. The number of benzene rings is 2. The zero-order valence-electron chi connectivity index (χ0n) is 21.3. The summed E-state index contributed by atoms with van der Waals surface area (Å²) in [4.78, 5) is 17.8. The third-order valence-corrected chi connectivity index (χ3v) is 8.74. The first kappa shape index (κ1) is 25.5. The number of carboxylic acid groups (broad SMARTS) is 1. The number of likely N-dealkylation sites (N-methyl/N-ethyl adjacent to an activating group) is 1. The van der Waals surface area contributed by atoms with Crippen LogP contribution in [0, 0.1) is 5.82 Å². The summed E-state index contributed by atoms with van der Waals surface area (Å²) < 4.78 is 25.8. The van der Waals surface area contributed by atoms with Crippen molar-refractivity contribution in [3.63, 3.8) is 0 Å². The lowest BCUT2D eigenvalue weighted by Crippen LogP contribution is -2.44. The Morgan fingerprint density at radius 2 is 1.95 bits per heavy atom. The van der Waals surface area contributed by atoms with Gasteiger partial charge in [-0.25, -0.2) is 4.39 Å². The summed E-state index contributed by atoms with van der Waals surface area (Å²) in [7, 11) is 3.89. The lowest BCUT2D eigenvalue weighted by atomic mass is 9.74. The molecule has 8 heteroatoms. The molecule has 196 valence electrons. The molecular formula is C29H33FN2O4S. The van der Waals surface area contributed by atoms with Crippen LogP contribution in [0.15, 0.2) is 48.5 Å². The summed E-state index contributed by atoms with van der Waals surface area (Å²) in [6.07, 6.45) is 2.35. The van der Waals surface area contributed by atoms with Gasteiger partial charge in [-0.05, 0) is 61.7 Å². The lowest BCUT2D eigenvalue weighted by molar-refractivity contribution is -0.136. The summed E-state index contributed by atoms with van der Waals surface area (Å²) in [5, 5.41) is 8.81. The van der Waals surface area contributed by atoms with Crippen molar-refractivity contribution in [3.8, 4) is 11.5 Å². The van der Waals surface area contributed by atoms with Crippen LogP contribution in [0.1, 0.15) is 40.1 Å². The summed E-state index contributed by atoms with van der Waals surface area (Å²) >= 11 is 1.67. The summed E-state index contributed by atoms with van der Waals surface area (Å²) in [5.41, 5.74) is 3.50. The maximum atomic E-state index is 14.3. The first-order valence-electron chi connectivity index (χ1n) is 12.7. The minimum Gasteiger partial charge on any atom is -0.496 e. The van der Waals surface area contributed by atoms with Gasteiger partial charge in [-0.15, -0.1) is 11.3 Å². The van der Waals surface area contributed by atoms with Gasteiger partial charge in [0.2, 0.25) is 0 Å². The number of fused-ring (bicyclic) bond motifs is 2. The number of carboxylic acids is 1. The van der Waals surface area contributed by atoms with Gasteiger partial charge in [0.1, 0.15) is 23.9 Å². The van der Waals surface area contributed by atoms with Crippen molar-refractivity contribution in [1.82, 2.24) is 4.90 Å². The van der Waals surface area contributed by atoms with Gasteiger partial charge in [0.05, 0.1) is 12.0 Å². The number of piperidine rings is 1. The molecule has 3 heterocycles. The van der Waals surface area contributed by atoms with Gasteiger partial charge in [0.15, 0.2) is 0 Å². The topological polar surface area (TPSA) is 62.2 Å². The highest BCUT2D eigenvalue weighted by Crippen LogP contribution is 2.46. The van der Waals surface area contributed by atoms with Crippen molar-refractivity contribution >= 4 is 23.0 Å². The molecule has 0 saturated carbocycles. The average Bonchev–Trinajstić information content (AvgIpc) is 3.41. The normalized spacial score (nSPS) is 16.7. The number of ether oxygens (including phenoxy) is 2. The van der Waals surface area contributed by atoms with Crippen molar-refractivity contribution in [3.05, 3.63) is 75.2 Å². The van der Waals surface area contributed by atoms with E-state index in [0.717, 1.165) is 49.6 Å². The van der Waals surface area contributed by atoms with E-state index in [-0.39, 0.29) is 18.3 Å². The zero-order chi connectivity index (χ0) is 26.0. The molecule has 5 rings (SSSR count). The smallest absolute Gasteiger partial charge is 0.303 e. The first-order valence-corrected chi connectivity index (χ1v) is 13.5. The van der Waals surface area contributed by atoms with Crippen LogP contribution in [-0.2, 0) is 29.8 Å². The van der Waals surface area contributed by atoms with Gasteiger partial charge in [-0.2, -0.15) is 0 Å². The number of rotatable bonds is 9. The summed E-state index contributed by atoms with van der Waals surface area (Å²) in [6.45, 7) is 4.34. The van der Waals surface area contributed by atoms with Gasteiger partial charge in [-0.1, -0.05) is 24.3 Å². The van der Waals surface area contributed by atoms with Gasteiger partial charge in [-0.3, -0.25) is 9.69 Å². The Hall–Kier alpha value is -3.10. The number of carbonyl (C=O) groups is 1. The SMILES string of the molecule is COc1cc(COc2ccc(CCC(=O)O)c(F)c2)sc1CN1CCC2(CC1)CN(C)c1ccccc12.